The van der Waals surface area contributed by atoms with Gasteiger partial charge in [-0.05, 0) is 43.5 Å². The van der Waals surface area contributed by atoms with E-state index in [1.54, 1.807) is 24.1 Å². The molecule has 1 aromatic heterocycles. The third kappa shape index (κ3) is 3.97. The molecule has 27 heavy (non-hydrogen) atoms. The van der Waals surface area contributed by atoms with E-state index >= 15 is 0 Å². The van der Waals surface area contributed by atoms with Gasteiger partial charge in [0.1, 0.15) is 11.4 Å². The van der Waals surface area contributed by atoms with Gasteiger partial charge in [0.15, 0.2) is 5.69 Å². The molecule has 0 atom stereocenters. The van der Waals surface area contributed by atoms with Crippen molar-refractivity contribution in [1.29, 1.82) is 0 Å². The summed E-state index contributed by atoms with van der Waals surface area (Å²) in [5, 5.41) is 16.7. The first-order valence-electron chi connectivity index (χ1n) is 9.17. The first-order chi connectivity index (χ1) is 12.9. The number of hydrogen-bond acceptors (Lipinski definition) is 4. The molecule has 2 N–H and O–H groups in total. The molecule has 1 amide bonds. The Bertz CT molecular complexity index is 838. The summed E-state index contributed by atoms with van der Waals surface area (Å²) in [7, 11) is 1.58. The van der Waals surface area contributed by atoms with E-state index in [0.717, 1.165) is 30.5 Å². The molecule has 0 radical (unpaired) electrons. The van der Waals surface area contributed by atoms with Gasteiger partial charge >= 0.3 is 5.97 Å². The van der Waals surface area contributed by atoms with Crippen LogP contribution in [-0.4, -0.2) is 40.4 Å². The van der Waals surface area contributed by atoms with E-state index in [1.165, 1.54) is 0 Å². The van der Waals surface area contributed by atoms with Crippen molar-refractivity contribution in [3.8, 4) is 11.4 Å². The van der Waals surface area contributed by atoms with Crippen molar-refractivity contribution in [2.75, 3.05) is 13.7 Å². The van der Waals surface area contributed by atoms with Crippen LogP contribution in [-0.2, 0) is 4.79 Å². The molecule has 0 aliphatic heterocycles. The fourth-order valence-electron chi connectivity index (χ4n) is 3.59. The van der Waals surface area contributed by atoms with Crippen molar-refractivity contribution in [3.63, 3.8) is 0 Å². The number of aromatic nitrogens is 2. The number of carbonyl (C=O) groups is 2. The molecule has 0 unspecified atom stereocenters. The summed E-state index contributed by atoms with van der Waals surface area (Å²) in [4.78, 5) is 24.2. The number of carboxylic acids is 1. The predicted molar refractivity (Wildman–Crippen MR) is 100 cm³/mol. The van der Waals surface area contributed by atoms with Crippen LogP contribution in [0.3, 0.4) is 0 Å². The number of amides is 1. The number of methoxy groups -OCH3 is 1. The summed E-state index contributed by atoms with van der Waals surface area (Å²) >= 11 is 0. The Morgan fingerprint density at radius 2 is 2.00 bits per heavy atom. The van der Waals surface area contributed by atoms with Gasteiger partial charge in [-0.25, -0.2) is 4.68 Å². The maximum atomic E-state index is 12.5. The standard InChI is InChI=1S/C20H25N3O4/c1-14-6-7-17(27-2)16(12-14)23-11-8-15(22-23)18(24)21-13-20(19(25)26)9-4-3-5-10-20/h6-8,11-12H,3-5,9-10,13H2,1-2H3,(H,21,24)(H,25,26). The molecular formula is C20H25N3O4. The lowest BCUT2D eigenvalue weighted by Crippen LogP contribution is -2.44. The molecule has 1 saturated carbocycles. The normalized spacial score (nSPS) is 15.9. The summed E-state index contributed by atoms with van der Waals surface area (Å²) in [6.07, 6.45) is 5.69. The lowest BCUT2D eigenvalue weighted by Gasteiger charge is -2.33. The second kappa shape index (κ2) is 7.82. The third-order valence-electron chi connectivity index (χ3n) is 5.25. The van der Waals surface area contributed by atoms with Gasteiger partial charge in [0.2, 0.25) is 0 Å². The maximum absolute atomic E-state index is 12.5. The molecule has 1 heterocycles. The third-order valence-corrected chi connectivity index (χ3v) is 5.25. The van der Waals surface area contributed by atoms with Crippen LogP contribution in [0.1, 0.15) is 48.2 Å². The van der Waals surface area contributed by atoms with Crippen LogP contribution < -0.4 is 10.1 Å². The van der Waals surface area contributed by atoms with Gasteiger partial charge in [0.25, 0.3) is 5.91 Å². The second-order valence-electron chi connectivity index (χ2n) is 7.15. The van der Waals surface area contributed by atoms with Gasteiger partial charge in [-0.3, -0.25) is 9.59 Å². The number of carbonyl (C=O) groups excluding carboxylic acids is 1. The largest absolute Gasteiger partial charge is 0.494 e. The molecule has 0 spiro atoms. The number of carboxylic acid groups (broad SMARTS) is 1. The summed E-state index contributed by atoms with van der Waals surface area (Å²) in [5.41, 5.74) is 1.17. The van der Waals surface area contributed by atoms with Crippen LogP contribution in [0.25, 0.3) is 5.69 Å². The molecule has 7 nitrogen and oxygen atoms in total. The number of ether oxygens (including phenoxy) is 1. The summed E-state index contributed by atoms with van der Waals surface area (Å²) in [5.74, 6) is -0.549. The highest BCUT2D eigenvalue weighted by Crippen LogP contribution is 2.36. The van der Waals surface area contributed by atoms with E-state index in [2.05, 4.69) is 10.4 Å². The smallest absolute Gasteiger partial charge is 0.311 e. The van der Waals surface area contributed by atoms with Crippen LogP contribution in [0.4, 0.5) is 0 Å². The SMILES string of the molecule is COc1ccc(C)cc1-n1ccc(C(=O)NCC2(C(=O)O)CCCCC2)n1. The lowest BCUT2D eigenvalue weighted by atomic mass is 9.74. The van der Waals surface area contributed by atoms with Crippen LogP contribution in [0, 0.1) is 12.3 Å². The van der Waals surface area contributed by atoms with Crippen LogP contribution >= 0.6 is 0 Å². The summed E-state index contributed by atoms with van der Waals surface area (Å²) < 4.78 is 6.96. The Balaban J connectivity index is 1.74. The Morgan fingerprint density at radius 1 is 1.26 bits per heavy atom. The van der Waals surface area contributed by atoms with E-state index in [9.17, 15) is 14.7 Å². The summed E-state index contributed by atoms with van der Waals surface area (Å²) in [6.45, 7) is 2.09. The molecule has 3 rings (SSSR count). The van der Waals surface area contributed by atoms with Crippen molar-refractivity contribution in [2.45, 2.75) is 39.0 Å². The van der Waals surface area contributed by atoms with Crippen LogP contribution in [0.2, 0.25) is 0 Å². The highest BCUT2D eigenvalue weighted by atomic mass is 16.5. The monoisotopic (exact) mass is 371 g/mol. The lowest BCUT2D eigenvalue weighted by molar-refractivity contribution is -0.150. The maximum Gasteiger partial charge on any atom is 0.311 e. The topological polar surface area (TPSA) is 93.5 Å². The quantitative estimate of drug-likeness (QED) is 0.814. The molecule has 1 aliphatic rings. The zero-order valence-electron chi connectivity index (χ0n) is 15.7. The van der Waals surface area contributed by atoms with Crippen molar-refractivity contribution in [2.24, 2.45) is 5.41 Å². The molecule has 1 fully saturated rings. The predicted octanol–water partition coefficient (Wildman–Crippen LogP) is 2.95. The van der Waals surface area contributed by atoms with Crippen LogP contribution in [0.5, 0.6) is 5.75 Å². The molecule has 0 saturated heterocycles. The Hall–Kier alpha value is -2.83. The highest BCUT2D eigenvalue weighted by Gasteiger charge is 2.39. The molecule has 144 valence electrons. The van der Waals surface area contributed by atoms with E-state index in [1.807, 2.05) is 25.1 Å². The van der Waals surface area contributed by atoms with Crippen molar-refractivity contribution < 1.29 is 19.4 Å². The number of nitrogens with zero attached hydrogens (tertiary/aromatic N) is 2. The zero-order valence-corrected chi connectivity index (χ0v) is 15.7. The average molecular weight is 371 g/mol. The first-order valence-corrected chi connectivity index (χ1v) is 9.17. The molecule has 2 aromatic rings. The zero-order chi connectivity index (χ0) is 19.4. The fourth-order valence-corrected chi connectivity index (χ4v) is 3.59. The van der Waals surface area contributed by atoms with Crippen molar-refractivity contribution >= 4 is 11.9 Å². The minimum Gasteiger partial charge on any atom is -0.494 e. The van der Waals surface area contributed by atoms with Crippen molar-refractivity contribution in [1.82, 2.24) is 15.1 Å². The second-order valence-corrected chi connectivity index (χ2v) is 7.15. The minimum absolute atomic E-state index is 0.127. The Kier molecular flexibility index (Phi) is 5.48. The first kappa shape index (κ1) is 18.9. The van der Waals surface area contributed by atoms with E-state index in [0.29, 0.717) is 18.6 Å². The van der Waals surface area contributed by atoms with E-state index in [4.69, 9.17) is 4.74 Å². The molecule has 1 aliphatic carbocycles. The molecule has 0 bridgehead atoms. The van der Waals surface area contributed by atoms with E-state index in [-0.39, 0.29) is 18.1 Å². The number of aryl methyl sites for hydroxylation is 1. The number of aliphatic carboxylic acids is 1. The minimum atomic E-state index is -0.865. The van der Waals surface area contributed by atoms with Gasteiger partial charge in [0, 0.05) is 12.7 Å². The summed E-state index contributed by atoms with van der Waals surface area (Å²) in [6, 6.07) is 7.33. The van der Waals surface area contributed by atoms with Crippen molar-refractivity contribution in [3.05, 3.63) is 41.7 Å². The Morgan fingerprint density at radius 3 is 2.67 bits per heavy atom. The van der Waals surface area contributed by atoms with Gasteiger partial charge in [-0.1, -0.05) is 25.3 Å². The number of nitrogens with one attached hydrogen (secondary N) is 1. The number of benzene rings is 1. The van der Waals surface area contributed by atoms with E-state index < -0.39 is 11.4 Å². The number of hydrogen-bond donors (Lipinski definition) is 2. The van der Waals surface area contributed by atoms with Gasteiger partial charge in [0.05, 0.1) is 12.5 Å². The highest BCUT2D eigenvalue weighted by molar-refractivity contribution is 5.92. The molecule has 1 aromatic carbocycles. The van der Waals surface area contributed by atoms with Gasteiger partial charge in [-0.15, -0.1) is 0 Å². The molecular weight excluding hydrogens is 346 g/mol. The number of rotatable bonds is 6. The Labute approximate surface area is 158 Å². The van der Waals surface area contributed by atoms with Gasteiger partial charge in [-0.2, -0.15) is 5.10 Å². The van der Waals surface area contributed by atoms with Crippen LogP contribution in [0.15, 0.2) is 30.5 Å². The molecule has 7 heteroatoms. The average Bonchev–Trinajstić information content (AvgIpc) is 3.17. The fraction of sp³-hybridized carbons (Fsp3) is 0.450. The van der Waals surface area contributed by atoms with Gasteiger partial charge < -0.3 is 15.2 Å².